The Balaban J connectivity index is 1.91. The van der Waals surface area contributed by atoms with Gasteiger partial charge in [-0.2, -0.15) is 4.31 Å². The zero-order valence-corrected chi connectivity index (χ0v) is 20.1. The van der Waals surface area contributed by atoms with Crippen LogP contribution in [0.4, 0.5) is 0 Å². The van der Waals surface area contributed by atoms with E-state index in [2.05, 4.69) is 5.32 Å². The molecule has 0 aliphatic carbocycles. The Hall–Kier alpha value is -3.04. The average Bonchev–Trinajstić information content (AvgIpc) is 2.82. The molecule has 1 N–H and O–H groups in total. The number of esters is 1. The molecular formula is C24H30N2O6S. The maximum absolute atomic E-state index is 12.5. The topological polar surface area (TPSA) is 110 Å². The van der Waals surface area contributed by atoms with Gasteiger partial charge in [-0.1, -0.05) is 45.0 Å². The maximum Gasteiger partial charge on any atom is 0.326 e. The van der Waals surface area contributed by atoms with Crippen LogP contribution in [0.1, 0.15) is 54.0 Å². The smallest absolute Gasteiger partial charge is 0.326 e. The van der Waals surface area contributed by atoms with Crippen LogP contribution in [-0.2, 0) is 26.0 Å². The normalized spacial score (nSPS) is 12.3. The summed E-state index contributed by atoms with van der Waals surface area (Å²) in [5.41, 5.74) is 1.73. The van der Waals surface area contributed by atoms with Gasteiger partial charge in [0.25, 0.3) is 5.91 Å². The van der Waals surface area contributed by atoms with E-state index in [1.807, 2.05) is 19.1 Å². The first-order valence-corrected chi connectivity index (χ1v) is 12.3. The molecule has 0 spiro atoms. The van der Waals surface area contributed by atoms with Crippen LogP contribution in [-0.4, -0.2) is 56.1 Å². The van der Waals surface area contributed by atoms with E-state index in [4.69, 9.17) is 4.74 Å². The van der Waals surface area contributed by atoms with Gasteiger partial charge in [-0.15, -0.1) is 0 Å². The molecule has 178 valence electrons. The summed E-state index contributed by atoms with van der Waals surface area (Å²) in [6.45, 7) is 7.24. The Labute approximate surface area is 195 Å². The fourth-order valence-electron chi connectivity index (χ4n) is 3.18. The number of rotatable bonds is 11. The zero-order valence-electron chi connectivity index (χ0n) is 19.3. The Morgan fingerprint density at radius 1 is 0.909 bits per heavy atom. The van der Waals surface area contributed by atoms with E-state index in [-0.39, 0.29) is 16.2 Å². The highest BCUT2D eigenvalue weighted by Gasteiger charge is 2.22. The molecule has 0 aliphatic rings. The number of ether oxygens (including phenoxy) is 1. The second-order valence-electron chi connectivity index (χ2n) is 7.34. The summed E-state index contributed by atoms with van der Waals surface area (Å²) in [7, 11) is -3.62. The lowest BCUT2D eigenvalue weighted by molar-refractivity contribution is -0.145. The van der Waals surface area contributed by atoms with Crippen molar-refractivity contribution in [3.63, 3.8) is 0 Å². The van der Waals surface area contributed by atoms with Crippen LogP contribution in [0, 0.1) is 0 Å². The van der Waals surface area contributed by atoms with Gasteiger partial charge < -0.3 is 10.1 Å². The Morgan fingerprint density at radius 2 is 1.45 bits per heavy atom. The summed E-state index contributed by atoms with van der Waals surface area (Å²) in [6, 6.07) is 12.5. The maximum atomic E-state index is 12.5. The standard InChI is InChI=1S/C24H30N2O6S/c1-5-18-8-10-19(11-9-18)23(28)17(4)32-22(27)16-25-24(29)20-12-14-21(15-13-20)33(30,31)26(6-2)7-3/h8-15,17H,5-7,16H2,1-4H3,(H,25,29). The quantitative estimate of drug-likeness (QED) is 0.396. The molecule has 0 fully saturated rings. The van der Waals surface area contributed by atoms with Gasteiger partial charge >= 0.3 is 5.97 Å². The fraction of sp³-hybridized carbons (Fsp3) is 0.375. The Kier molecular flexibility index (Phi) is 9.31. The Morgan fingerprint density at radius 3 is 1.97 bits per heavy atom. The third-order valence-corrected chi connectivity index (χ3v) is 7.24. The van der Waals surface area contributed by atoms with Crippen LogP contribution in [0.15, 0.2) is 53.4 Å². The Bertz CT molecular complexity index is 1070. The number of amides is 1. The van der Waals surface area contributed by atoms with Gasteiger partial charge in [0.05, 0.1) is 4.90 Å². The number of sulfonamides is 1. The molecule has 2 aromatic rings. The highest BCUT2D eigenvalue weighted by Crippen LogP contribution is 2.16. The SMILES string of the molecule is CCc1ccc(C(=O)C(C)OC(=O)CNC(=O)c2ccc(S(=O)(=O)N(CC)CC)cc2)cc1. The first-order valence-electron chi connectivity index (χ1n) is 10.8. The van der Waals surface area contributed by atoms with Crippen LogP contribution in [0.5, 0.6) is 0 Å². The van der Waals surface area contributed by atoms with Crippen LogP contribution >= 0.6 is 0 Å². The van der Waals surface area contributed by atoms with Crippen molar-refractivity contribution in [3.05, 3.63) is 65.2 Å². The second-order valence-corrected chi connectivity index (χ2v) is 9.28. The lowest BCUT2D eigenvalue weighted by Crippen LogP contribution is -2.34. The molecule has 0 saturated heterocycles. The predicted octanol–water partition coefficient (Wildman–Crippen LogP) is 2.82. The summed E-state index contributed by atoms with van der Waals surface area (Å²) in [6.07, 6.45) is -0.140. The number of hydrogen-bond donors (Lipinski definition) is 1. The minimum atomic E-state index is -3.62. The van der Waals surface area contributed by atoms with Crippen molar-refractivity contribution in [1.82, 2.24) is 9.62 Å². The molecule has 0 heterocycles. The van der Waals surface area contributed by atoms with Gasteiger partial charge in [-0.25, -0.2) is 8.42 Å². The average molecular weight is 475 g/mol. The van der Waals surface area contributed by atoms with Crippen LogP contribution < -0.4 is 5.32 Å². The second kappa shape index (κ2) is 11.7. The van der Waals surface area contributed by atoms with E-state index < -0.39 is 34.5 Å². The number of hydrogen-bond acceptors (Lipinski definition) is 6. The molecule has 1 unspecified atom stereocenters. The van der Waals surface area contributed by atoms with Crippen molar-refractivity contribution in [2.24, 2.45) is 0 Å². The fourth-order valence-corrected chi connectivity index (χ4v) is 4.64. The number of carbonyl (C=O) groups excluding carboxylic acids is 3. The molecule has 0 aromatic heterocycles. The third-order valence-electron chi connectivity index (χ3n) is 5.18. The summed E-state index contributed by atoms with van der Waals surface area (Å²) in [4.78, 5) is 36.9. The minimum Gasteiger partial charge on any atom is -0.453 e. The van der Waals surface area contributed by atoms with E-state index in [1.54, 1.807) is 26.0 Å². The summed E-state index contributed by atoms with van der Waals surface area (Å²) in [5, 5.41) is 2.42. The third kappa shape index (κ3) is 6.72. The molecule has 33 heavy (non-hydrogen) atoms. The number of benzene rings is 2. The minimum absolute atomic E-state index is 0.0847. The first kappa shape index (κ1) is 26.2. The first-order chi connectivity index (χ1) is 15.6. The number of nitrogens with one attached hydrogen (secondary N) is 1. The molecule has 0 aliphatic heterocycles. The number of aryl methyl sites for hydroxylation is 1. The van der Waals surface area contributed by atoms with Gasteiger partial charge in [0.15, 0.2) is 6.10 Å². The van der Waals surface area contributed by atoms with Gasteiger partial charge in [-0.05, 0) is 43.2 Å². The lowest BCUT2D eigenvalue weighted by Gasteiger charge is -2.18. The van der Waals surface area contributed by atoms with E-state index in [9.17, 15) is 22.8 Å². The van der Waals surface area contributed by atoms with Crippen molar-refractivity contribution in [2.45, 2.75) is 45.1 Å². The van der Waals surface area contributed by atoms with Gasteiger partial charge in [0.1, 0.15) is 6.54 Å². The van der Waals surface area contributed by atoms with Gasteiger partial charge in [0.2, 0.25) is 15.8 Å². The zero-order chi connectivity index (χ0) is 24.6. The van der Waals surface area contributed by atoms with Gasteiger partial charge in [0, 0.05) is 24.2 Å². The summed E-state index contributed by atoms with van der Waals surface area (Å²) in [5.74, 6) is -1.65. The highest BCUT2D eigenvalue weighted by molar-refractivity contribution is 7.89. The molecular weight excluding hydrogens is 444 g/mol. The van der Waals surface area contributed by atoms with Crippen molar-refractivity contribution in [2.75, 3.05) is 19.6 Å². The number of nitrogens with zero attached hydrogens (tertiary/aromatic N) is 1. The van der Waals surface area contributed by atoms with Crippen molar-refractivity contribution in [3.8, 4) is 0 Å². The summed E-state index contributed by atoms with van der Waals surface area (Å²) >= 11 is 0. The lowest BCUT2D eigenvalue weighted by atomic mass is 10.0. The molecule has 0 radical (unpaired) electrons. The number of ketones is 1. The van der Waals surface area contributed by atoms with Crippen molar-refractivity contribution in [1.29, 1.82) is 0 Å². The largest absolute Gasteiger partial charge is 0.453 e. The van der Waals surface area contributed by atoms with Crippen LogP contribution in [0.25, 0.3) is 0 Å². The predicted molar refractivity (Wildman–Crippen MR) is 125 cm³/mol. The molecule has 2 rings (SSSR count). The van der Waals surface area contributed by atoms with E-state index in [0.717, 1.165) is 12.0 Å². The number of carbonyl (C=O) groups is 3. The molecule has 0 bridgehead atoms. The molecule has 1 amide bonds. The van der Waals surface area contributed by atoms with E-state index in [0.29, 0.717) is 18.7 Å². The van der Waals surface area contributed by atoms with Crippen molar-refractivity contribution < 1.29 is 27.5 Å². The van der Waals surface area contributed by atoms with Crippen molar-refractivity contribution >= 4 is 27.7 Å². The molecule has 9 heteroatoms. The van der Waals surface area contributed by atoms with Crippen LogP contribution in [0.3, 0.4) is 0 Å². The highest BCUT2D eigenvalue weighted by atomic mass is 32.2. The number of Topliss-reactive ketones (excluding diaryl/α,β-unsaturated/α-hetero) is 1. The summed E-state index contributed by atoms with van der Waals surface area (Å²) < 4.78 is 31.5. The molecule has 1 atom stereocenters. The van der Waals surface area contributed by atoms with E-state index >= 15 is 0 Å². The molecule has 0 saturated carbocycles. The van der Waals surface area contributed by atoms with E-state index in [1.165, 1.54) is 35.5 Å². The van der Waals surface area contributed by atoms with Gasteiger partial charge in [-0.3, -0.25) is 14.4 Å². The monoisotopic (exact) mass is 474 g/mol. The molecule has 2 aromatic carbocycles. The van der Waals surface area contributed by atoms with Crippen LogP contribution in [0.2, 0.25) is 0 Å². The molecule has 8 nitrogen and oxygen atoms in total.